The molecule has 2 fully saturated rings. The fourth-order valence-electron chi connectivity index (χ4n) is 6.55. The Balaban J connectivity index is 1.14. The van der Waals surface area contributed by atoms with Gasteiger partial charge >= 0.3 is 5.97 Å². The number of aliphatic carboxylic acids is 1. The molecule has 1 unspecified atom stereocenters. The number of thiazole rings is 1. The third-order valence-electron chi connectivity index (χ3n) is 9.03. The summed E-state index contributed by atoms with van der Waals surface area (Å²) >= 11 is 2.83. The predicted octanol–water partition coefficient (Wildman–Crippen LogP) is 4.13. The number of imidazole rings is 1. The first kappa shape index (κ1) is 30.3. The maximum absolute atomic E-state index is 13.6. The highest BCUT2D eigenvalue weighted by Crippen LogP contribution is 2.46. The van der Waals surface area contributed by atoms with E-state index in [9.17, 15) is 24.3 Å². The third kappa shape index (κ3) is 5.10. The molecule has 46 heavy (non-hydrogen) atoms. The normalized spacial score (nSPS) is 19.4. The molecule has 2 atom stereocenters. The summed E-state index contributed by atoms with van der Waals surface area (Å²) in [6.07, 6.45) is 4.66. The molecule has 3 aliphatic heterocycles. The van der Waals surface area contributed by atoms with E-state index in [2.05, 4.69) is 21.9 Å². The van der Waals surface area contributed by atoms with E-state index in [0.717, 1.165) is 40.9 Å². The number of carbonyl (C=O) groups excluding carboxylic acids is 1. The van der Waals surface area contributed by atoms with E-state index in [1.54, 1.807) is 28.4 Å². The lowest BCUT2D eigenvalue weighted by Gasteiger charge is -2.39. The number of carboxylic acid groups (broad SMARTS) is 1. The van der Waals surface area contributed by atoms with Crippen LogP contribution in [0.15, 0.2) is 36.0 Å². The fourth-order valence-corrected chi connectivity index (χ4v) is 8.44. The monoisotopic (exact) mass is 661 g/mol. The molecule has 3 aliphatic rings. The van der Waals surface area contributed by atoms with Crippen LogP contribution >= 0.6 is 22.7 Å². The van der Waals surface area contributed by atoms with Gasteiger partial charge in [-0.3, -0.25) is 14.5 Å². The molecule has 6 heterocycles. The summed E-state index contributed by atoms with van der Waals surface area (Å²) in [7, 11) is 3.85. The average Bonchev–Trinajstić information content (AvgIpc) is 3.81. The SMILES string of the molecule is CCc1nc2sc([C@H]3CC(N(C)CC(=O)N4CC(C(=O)O)C4)N4CCC=C34)nn2c1N(C)c1nc(-c2ccc(F)cc2)c(C#N)s1. The average molecular weight is 662 g/mol. The number of nitriles is 1. The maximum atomic E-state index is 13.6. The summed E-state index contributed by atoms with van der Waals surface area (Å²) in [6, 6.07) is 8.21. The Bertz CT molecular complexity index is 1900. The zero-order chi connectivity index (χ0) is 32.3. The van der Waals surface area contributed by atoms with Gasteiger partial charge in [-0.25, -0.2) is 14.4 Å². The highest BCUT2D eigenvalue weighted by molar-refractivity contribution is 7.17. The molecule has 0 saturated carbocycles. The first-order valence-electron chi connectivity index (χ1n) is 15.1. The van der Waals surface area contributed by atoms with Crippen LogP contribution in [0, 0.1) is 23.1 Å². The number of hydrogen-bond donors (Lipinski definition) is 1. The van der Waals surface area contributed by atoms with Crippen molar-refractivity contribution in [3.8, 4) is 17.3 Å². The van der Waals surface area contributed by atoms with Crippen molar-refractivity contribution in [3.05, 3.63) is 57.4 Å². The molecule has 15 heteroatoms. The molecule has 0 spiro atoms. The molecule has 0 radical (unpaired) electrons. The van der Waals surface area contributed by atoms with Crippen LogP contribution in [0.5, 0.6) is 0 Å². The van der Waals surface area contributed by atoms with E-state index in [1.807, 2.05) is 30.4 Å². The van der Waals surface area contributed by atoms with Gasteiger partial charge < -0.3 is 19.8 Å². The van der Waals surface area contributed by atoms with Crippen LogP contribution in [0.1, 0.15) is 41.3 Å². The molecule has 0 bridgehead atoms. The van der Waals surface area contributed by atoms with Gasteiger partial charge in [0.05, 0.1) is 30.2 Å². The second-order valence-corrected chi connectivity index (χ2v) is 13.8. The fraction of sp³-hybridized carbons (Fsp3) is 0.419. The van der Waals surface area contributed by atoms with E-state index in [-0.39, 0.29) is 43.4 Å². The van der Waals surface area contributed by atoms with Crippen LogP contribution in [0.25, 0.3) is 16.2 Å². The minimum Gasteiger partial charge on any atom is -0.481 e. The second-order valence-electron chi connectivity index (χ2n) is 11.9. The summed E-state index contributed by atoms with van der Waals surface area (Å²) in [5, 5.41) is 25.7. The number of aryl methyl sites for hydroxylation is 1. The number of rotatable bonds is 9. The van der Waals surface area contributed by atoms with Crippen LogP contribution in [-0.4, -0.2) is 97.7 Å². The van der Waals surface area contributed by atoms with E-state index < -0.39 is 11.9 Å². The zero-order valence-corrected chi connectivity index (χ0v) is 27.2. The summed E-state index contributed by atoms with van der Waals surface area (Å²) in [6.45, 7) is 3.68. The van der Waals surface area contributed by atoms with Crippen molar-refractivity contribution in [2.45, 2.75) is 38.3 Å². The minimum absolute atomic E-state index is 0.0217. The number of carboxylic acids is 1. The van der Waals surface area contributed by atoms with E-state index in [0.29, 0.717) is 27.7 Å². The summed E-state index contributed by atoms with van der Waals surface area (Å²) < 4.78 is 15.4. The van der Waals surface area contributed by atoms with Gasteiger partial charge in [-0.1, -0.05) is 35.7 Å². The Morgan fingerprint density at radius 3 is 2.63 bits per heavy atom. The minimum atomic E-state index is -0.855. The van der Waals surface area contributed by atoms with Crippen LogP contribution in [0.3, 0.4) is 0 Å². The smallest absolute Gasteiger partial charge is 0.310 e. The van der Waals surface area contributed by atoms with Gasteiger partial charge in [-0.05, 0) is 50.6 Å². The Hall–Kier alpha value is -4.39. The number of hydrogen-bond acceptors (Lipinski definition) is 11. The van der Waals surface area contributed by atoms with Crippen molar-refractivity contribution in [2.75, 3.05) is 45.2 Å². The Kier molecular flexibility index (Phi) is 7.74. The van der Waals surface area contributed by atoms with Gasteiger partial charge in [-0.15, -0.1) is 0 Å². The van der Waals surface area contributed by atoms with Gasteiger partial charge in [-0.2, -0.15) is 14.9 Å². The molecule has 1 N–H and O–H groups in total. The van der Waals surface area contributed by atoms with Gasteiger partial charge in [0, 0.05) is 37.9 Å². The van der Waals surface area contributed by atoms with Crippen molar-refractivity contribution in [1.82, 2.24) is 34.3 Å². The van der Waals surface area contributed by atoms with Crippen molar-refractivity contribution in [2.24, 2.45) is 5.92 Å². The maximum Gasteiger partial charge on any atom is 0.310 e. The number of anilines is 2. The van der Waals surface area contributed by atoms with Crippen molar-refractivity contribution in [1.29, 1.82) is 5.26 Å². The van der Waals surface area contributed by atoms with Crippen LogP contribution < -0.4 is 4.90 Å². The highest BCUT2D eigenvalue weighted by Gasteiger charge is 2.44. The molecule has 1 aromatic carbocycles. The van der Waals surface area contributed by atoms with E-state index in [4.69, 9.17) is 15.1 Å². The Morgan fingerprint density at radius 2 is 1.93 bits per heavy atom. The molecule has 2 saturated heterocycles. The van der Waals surface area contributed by atoms with Crippen LogP contribution in [-0.2, 0) is 16.0 Å². The molecule has 7 rings (SSSR count). The van der Waals surface area contributed by atoms with Crippen LogP contribution in [0.4, 0.5) is 15.3 Å². The predicted molar refractivity (Wildman–Crippen MR) is 171 cm³/mol. The summed E-state index contributed by atoms with van der Waals surface area (Å²) in [5.41, 5.74) is 3.26. The highest BCUT2D eigenvalue weighted by atomic mass is 32.1. The lowest BCUT2D eigenvalue weighted by Crippen LogP contribution is -2.56. The molecular formula is C31H32FN9O3S2. The molecule has 238 valence electrons. The number of fused-ring (bicyclic) bond motifs is 2. The third-order valence-corrected chi connectivity index (χ3v) is 11.1. The van der Waals surface area contributed by atoms with Gasteiger partial charge in [0.2, 0.25) is 10.9 Å². The molecular weight excluding hydrogens is 630 g/mol. The Morgan fingerprint density at radius 1 is 1.17 bits per heavy atom. The molecule has 0 aliphatic carbocycles. The molecule has 3 aromatic heterocycles. The first-order chi connectivity index (χ1) is 22.2. The summed E-state index contributed by atoms with van der Waals surface area (Å²) in [5.74, 6) is -0.893. The zero-order valence-electron chi connectivity index (χ0n) is 25.6. The Labute approximate surface area is 272 Å². The standard InChI is InChI=1S/C31H32FN9O3S2/c1-4-21-28(38(3)30-35-26(23(13-33)45-30)17-7-9-19(32)10-8-17)41-31(34-21)46-27(36-41)20-12-24(40-11-5-6-22(20)40)37(2)16-25(42)39-14-18(15-39)29(43)44/h6-10,18,20,24H,4-5,11-12,14-16H2,1-3H3,(H,43,44)/t20-,24?/m0/s1. The van der Waals surface area contributed by atoms with Gasteiger partial charge in [0.25, 0.3) is 0 Å². The second kappa shape index (κ2) is 11.8. The van der Waals surface area contributed by atoms with Crippen LogP contribution in [0.2, 0.25) is 0 Å². The summed E-state index contributed by atoms with van der Waals surface area (Å²) in [4.78, 5) is 43.0. The molecule has 12 nitrogen and oxygen atoms in total. The number of benzene rings is 1. The lowest BCUT2D eigenvalue weighted by atomic mass is 10.0. The quantitative estimate of drug-likeness (QED) is 0.279. The van der Waals surface area contributed by atoms with Crippen molar-refractivity contribution in [3.63, 3.8) is 0 Å². The van der Waals surface area contributed by atoms with E-state index >= 15 is 0 Å². The molecule has 1 amide bonds. The number of halogens is 1. The van der Waals surface area contributed by atoms with Gasteiger partial charge in [0.15, 0.2) is 10.9 Å². The number of likely N-dealkylation sites (N-methyl/N-ethyl adjacent to an activating group) is 1. The van der Waals surface area contributed by atoms with Gasteiger partial charge in [0.1, 0.15) is 27.5 Å². The lowest BCUT2D eigenvalue weighted by molar-refractivity contribution is -0.153. The van der Waals surface area contributed by atoms with Crippen molar-refractivity contribution < 1.29 is 19.1 Å². The largest absolute Gasteiger partial charge is 0.481 e. The topological polar surface area (TPSA) is 134 Å². The number of amides is 1. The first-order valence-corrected chi connectivity index (χ1v) is 16.8. The number of allylic oxidation sites excluding steroid dienone is 1. The number of carbonyl (C=O) groups is 2. The van der Waals surface area contributed by atoms with Crippen molar-refractivity contribution >= 4 is 50.5 Å². The molecule has 4 aromatic rings. The number of aromatic nitrogens is 4. The number of nitrogens with zero attached hydrogens (tertiary/aromatic N) is 9. The van der Waals surface area contributed by atoms with E-state index in [1.165, 1.54) is 29.2 Å². The number of likely N-dealkylation sites (tertiary alicyclic amines) is 1.